The SMILES string of the molecule is CCOc1ccc(C2NC(=O)N(CCCOC)C(C)=C2c2nc(-c3ccc4c(c3)OCO4)no2)cc1. The lowest BCUT2D eigenvalue weighted by Crippen LogP contribution is -2.46. The number of benzene rings is 2. The Balaban J connectivity index is 1.52. The second-order valence-corrected chi connectivity index (χ2v) is 8.37. The predicted octanol–water partition coefficient (Wildman–Crippen LogP) is 4.40. The number of amides is 2. The number of carbonyl (C=O) groups is 1. The smallest absolute Gasteiger partial charge is 0.322 e. The molecule has 10 heteroatoms. The minimum atomic E-state index is -0.475. The lowest BCUT2D eigenvalue weighted by Gasteiger charge is -2.35. The van der Waals surface area contributed by atoms with Gasteiger partial charge in [0, 0.05) is 31.5 Å². The summed E-state index contributed by atoms with van der Waals surface area (Å²) in [5.74, 6) is 2.82. The number of carbonyl (C=O) groups excluding carboxylic acids is 1. The molecule has 36 heavy (non-hydrogen) atoms. The molecule has 188 valence electrons. The quantitative estimate of drug-likeness (QED) is 0.438. The summed E-state index contributed by atoms with van der Waals surface area (Å²) >= 11 is 0. The number of ether oxygens (including phenoxy) is 4. The fraction of sp³-hybridized carbons (Fsp3) is 0.346. The molecular weight excluding hydrogens is 464 g/mol. The van der Waals surface area contributed by atoms with Crippen molar-refractivity contribution in [2.45, 2.75) is 26.3 Å². The third-order valence-electron chi connectivity index (χ3n) is 6.14. The van der Waals surface area contributed by atoms with E-state index in [2.05, 4.69) is 10.5 Å². The van der Waals surface area contributed by atoms with Crippen LogP contribution in [0.3, 0.4) is 0 Å². The van der Waals surface area contributed by atoms with Gasteiger partial charge in [0.25, 0.3) is 5.89 Å². The normalized spacial score (nSPS) is 16.9. The van der Waals surface area contributed by atoms with Crippen LogP contribution in [0.5, 0.6) is 17.2 Å². The van der Waals surface area contributed by atoms with E-state index in [1.165, 1.54) is 0 Å². The van der Waals surface area contributed by atoms with Gasteiger partial charge in [-0.25, -0.2) is 4.79 Å². The summed E-state index contributed by atoms with van der Waals surface area (Å²) in [4.78, 5) is 19.5. The third-order valence-corrected chi connectivity index (χ3v) is 6.14. The van der Waals surface area contributed by atoms with Crippen molar-refractivity contribution < 1.29 is 28.3 Å². The first kappa shape index (κ1) is 23.7. The number of hydrogen-bond acceptors (Lipinski definition) is 8. The van der Waals surface area contributed by atoms with Crippen molar-refractivity contribution in [3.63, 3.8) is 0 Å². The number of methoxy groups -OCH3 is 1. The van der Waals surface area contributed by atoms with Gasteiger partial charge in [-0.15, -0.1) is 0 Å². The van der Waals surface area contributed by atoms with Crippen LogP contribution in [0.15, 0.2) is 52.7 Å². The lowest BCUT2D eigenvalue weighted by atomic mass is 9.94. The van der Waals surface area contributed by atoms with Gasteiger partial charge in [-0.2, -0.15) is 4.98 Å². The van der Waals surface area contributed by atoms with Crippen LogP contribution >= 0.6 is 0 Å². The van der Waals surface area contributed by atoms with E-state index >= 15 is 0 Å². The zero-order valence-corrected chi connectivity index (χ0v) is 20.4. The molecule has 10 nitrogen and oxygen atoms in total. The third kappa shape index (κ3) is 4.59. The number of rotatable bonds is 9. The van der Waals surface area contributed by atoms with Crippen LogP contribution in [0.25, 0.3) is 17.0 Å². The first-order valence-electron chi connectivity index (χ1n) is 11.8. The summed E-state index contributed by atoms with van der Waals surface area (Å²) in [6.07, 6.45) is 0.689. The van der Waals surface area contributed by atoms with Gasteiger partial charge < -0.3 is 28.8 Å². The lowest BCUT2D eigenvalue weighted by molar-refractivity contribution is 0.173. The molecule has 2 aromatic carbocycles. The molecule has 0 saturated carbocycles. The molecule has 0 fully saturated rings. The molecule has 1 aromatic heterocycles. The van der Waals surface area contributed by atoms with E-state index in [0.29, 0.717) is 49.4 Å². The molecule has 0 aliphatic carbocycles. The Morgan fingerprint density at radius 1 is 1.14 bits per heavy atom. The maximum Gasteiger partial charge on any atom is 0.322 e. The van der Waals surface area contributed by atoms with Gasteiger partial charge in [0.1, 0.15) is 5.75 Å². The monoisotopic (exact) mass is 492 g/mol. The average Bonchev–Trinajstić information content (AvgIpc) is 3.56. The van der Waals surface area contributed by atoms with Crippen LogP contribution in [-0.4, -0.2) is 54.7 Å². The number of nitrogens with one attached hydrogen (secondary N) is 1. The second kappa shape index (κ2) is 10.3. The summed E-state index contributed by atoms with van der Waals surface area (Å²) < 4.78 is 27.4. The summed E-state index contributed by atoms with van der Waals surface area (Å²) in [6.45, 7) is 5.63. The minimum Gasteiger partial charge on any atom is -0.494 e. The van der Waals surface area contributed by atoms with Crippen molar-refractivity contribution in [3.05, 3.63) is 59.6 Å². The van der Waals surface area contributed by atoms with E-state index in [1.54, 1.807) is 12.0 Å². The van der Waals surface area contributed by atoms with E-state index < -0.39 is 6.04 Å². The Bertz CT molecular complexity index is 1270. The zero-order valence-electron chi connectivity index (χ0n) is 20.4. The topological polar surface area (TPSA) is 108 Å². The molecular formula is C26H28N4O6. The molecule has 0 radical (unpaired) electrons. The highest BCUT2D eigenvalue weighted by Gasteiger charge is 2.35. The molecule has 5 rings (SSSR count). The van der Waals surface area contributed by atoms with E-state index in [1.807, 2.05) is 56.3 Å². The number of aromatic nitrogens is 2. The molecule has 0 saturated heterocycles. The molecule has 1 atom stereocenters. The maximum atomic E-state index is 13.1. The molecule has 0 bridgehead atoms. The van der Waals surface area contributed by atoms with Crippen molar-refractivity contribution in [1.82, 2.24) is 20.4 Å². The molecule has 1 N–H and O–H groups in total. The van der Waals surface area contributed by atoms with Crippen molar-refractivity contribution in [2.75, 3.05) is 33.7 Å². The molecule has 1 unspecified atom stereocenters. The Kier molecular flexibility index (Phi) is 6.77. The van der Waals surface area contributed by atoms with Crippen LogP contribution in [0.1, 0.15) is 37.8 Å². The van der Waals surface area contributed by atoms with Crippen LogP contribution in [0.2, 0.25) is 0 Å². The largest absolute Gasteiger partial charge is 0.494 e. The number of fused-ring (bicyclic) bond motifs is 1. The van der Waals surface area contributed by atoms with Gasteiger partial charge in [0.05, 0.1) is 18.2 Å². The van der Waals surface area contributed by atoms with Gasteiger partial charge in [-0.05, 0) is 56.2 Å². The van der Waals surface area contributed by atoms with Crippen LogP contribution in [0.4, 0.5) is 4.79 Å². The summed E-state index contributed by atoms with van der Waals surface area (Å²) in [7, 11) is 1.64. The molecule has 3 aromatic rings. The van der Waals surface area contributed by atoms with Crippen molar-refractivity contribution in [2.24, 2.45) is 0 Å². The predicted molar refractivity (Wildman–Crippen MR) is 131 cm³/mol. The molecule has 2 aliphatic rings. The zero-order chi connectivity index (χ0) is 25.1. The van der Waals surface area contributed by atoms with Crippen LogP contribution in [0, 0.1) is 0 Å². The number of allylic oxidation sites excluding steroid dienone is 1. The summed E-state index contributed by atoms with van der Waals surface area (Å²) in [5.41, 5.74) is 3.09. The van der Waals surface area contributed by atoms with E-state index in [-0.39, 0.29) is 12.8 Å². The Morgan fingerprint density at radius 2 is 1.94 bits per heavy atom. The van der Waals surface area contributed by atoms with Crippen LogP contribution < -0.4 is 19.5 Å². The molecule has 0 spiro atoms. The fourth-order valence-corrected chi connectivity index (χ4v) is 4.35. The number of urea groups is 1. The van der Waals surface area contributed by atoms with Crippen molar-refractivity contribution in [1.29, 1.82) is 0 Å². The first-order valence-corrected chi connectivity index (χ1v) is 11.8. The van der Waals surface area contributed by atoms with E-state index in [0.717, 1.165) is 28.1 Å². The number of hydrogen-bond donors (Lipinski definition) is 1. The highest BCUT2D eigenvalue weighted by Crippen LogP contribution is 2.39. The average molecular weight is 493 g/mol. The molecule has 3 heterocycles. The van der Waals surface area contributed by atoms with Gasteiger partial charge in [-0.3, -0.25) is 4.90 Å². The van der Waals surface area contributed by atoms with Crippen LogP contribution in [-0.2, 0) is 4.74 Å². The second-order valence-electron chi connectivity index (χ2n) is 8.37. The van der Waals surface area contributed by atoms with E-state index in [9.17, 15) is 4.79 Å². The summed E-state index contributed by atoms with van der Waals surface area (Å²) in [5, 5.41) is 7.33. The molecule has 2 aliphatic heterocycles. The Morgan fingerprint density at radius 3 is 2.72 bits per heavy atom. The Labute approximate surface area is 208 Å². The van der Waals surface area contributed by atoms with Crippen molar-refractivity contribution in [3.8, 4) is 28.6 Å². The van der Waals surface area contributed by atoms with Gasteiger partial charge in [-0.1, -0.05) is 17.3 Å². The highest BCUT2D eigenvalue weighted by molar-refractivity contribution is 5.87. The maximum absolute atomic E-state index is 13.1. The Hall–Kier alpha value is -4.05. The van der Waals surface area contributed by atoms with Crippen molar-refractivity contribution >= 4 is 11.6 Å². The van der Waals surface area contributed by atoms with Gasteiger partial charge in [0.2, 0.25) is 12.6 Å². The fourth-order valence-electron chi connectivity index (χ4n) is 4.35. The minimum absolute atomic E-state index is 0.185. The summed E-state index contributed by atoms with van der Waals surface area (Å²) in [6, 6.07) is 12.5. The van der Waals surface area contributed by atoms with Gasteiger partial charge >= 0.3 is 6.03 Å². The van der Waals surface area contributed by atoms with E-state index in [4.69, 9.17) is 28.5 Å². The first-order chi connectivity index (χ1) is 17.6. The standard InChI is InChI=1S/C26H28N4O6/c1-4-33-19-9-6-17(7-10-19)23-22(16(2)30(26(31)27-23)12-5-13-32-3)25-28-24(29-36-25)18-8-11-20-21(14-18)35-15-34-20/h6-11,14,23H,4-5,12-13,15H2,1-3H3,(H,27,31). The number of nitrogens with zero attached hydrogens (tertiary/aromatic N) is 3. The molecule has 2 amide bonds. The highest BCUT2D eigenvalue weighted by atomic mass is 16.7. The van der Waals surface area contributed by atoms with Gasteiger partial charge in [0.15, 0.2) is 11.5 Å².